The Hall–Kier alpha value is -2.57. The van der Waals surface area contributed by atoms with Crippen molar-refractivity contribution >= 4 is 52.4 Å². The minimum absolute atomic E-state index is 0.0392. The molecule has 0 fully saturated rings. The summed E-state index contributed by atoms with van der Waals surface area (Å²) in [5, 5.41) is 6.42. The third-order valence-electron chi connectivity index (χ3n) is 3.75. The largest absolute Gasteiger partial charge is 0.456 e. The second-order valence-electron chi connectivity index (χ2n) is 6.08. The van der Waals surface area contributed by atoms with Crippen LogP contribution in [0.4, 0.5) is 11.4 Å². The van der Waals surface area contributed by atoms with E-state index in [0.29, 0.717) is 27.8 Å². The molecule has 8 heteroatoms. The molecule has 0 aliphatic heterocycles. The van der Waals surface area contributed by atoms with Crippen molar-refractivity contribution in [3.63, 3.8) is 0 Å². The number of rotatable bonds is 8. The van der Waals surface area contributed by atoms with Crippen LogP contribution in [0.1, 0.15) is 24.8 Å². The van der Waals surface area contributed by atoms with E-state index in [2.05, 4.69) is 10.6 Å². The summed E-state index contributed by atoms with van der Waals surface area (Å²) in [6.45, 7) is 1.43. The highest BCUT2D eigenvalue weighted by Gasteiger charge is 2.11. The van der Waals surface area contributed by atoms with E-state index < -0.39 is 18.5 Å². The van der Waals surface area contributed by atoms with E-state index >= 15 is 0 Å². The Labute approximate surface area is 173 Å². The molecule has 0 aliphatic rings. The van der Waals surface area contributed by atoms with Gasteiger partial charge in [0.05, 0.1) is 0 Å². The summed E-state index contributed by atoms with van der Waals surface area (Å²) in [7, 11) is 0. The van der Waals surface area contributed by atoms with Gasteiger partial charge in [0, 0.05) is 34.3 Å². The predicted molar refractivity (Wildman–Crippen MR) is 110 cm³/mol. The maximum atomic E-state index is 11.9. The van der Waals surface area contributed by atoms with Crippen molar-refractivity contribution in [3.8, 4) is 0 Å². The van der Waals surface area contributed by atoms with Crippen molar-refractivity contribution < 1.29 is 19.1 Å². The predicted octanol–water partition coefficient (Wildman–Crippen LogP) is 4.59. The normalized spacial score (nSPS) is 10.2. The van der Waals surface area contributed by atoms with E-state index in [1.165, 1.54) is 0 Å². The van der Waals surface area contributed by atoms with E-state index in [-0.39, 0.29) is 18.7 Å². The van der Waals surface area contributed by atoms with Gasteiger partial charge in [-0.05, 0) is 55.3 Å². The first kappa shape index (κ1) is 21.7. The topological polar surface area (TPSA) is 84.5 Å². The number of anilines is 2. The molecule has 28 heavy (non-hydrogen) atoms. The number of nitrogens with one attached hydrogen (secondary N) is 2. The van der Waals surface area contributed by atoms with Gasteiger partial charge in [-0.25, -0.2) is 0 Å². The zero-order chi connectivity index (χ0) is 20.5. The summed E-state index contributed by atoms with van der Waals surface area (Å²) in [6.07, 6.45) is 0.510. The van der Waals surface area contributed by atoms with Crippen molar-refractivity contribution in [2.75, 3.05) is 17.2 Å². The Bertz CT molecular complexity index is 854. The van der Waals surface area contributed by atoms with Crippen LogP contribution in [0.2, 0.25) is 10.0 Å². The Balaban J connectivity index is 1.65. The van der Waals surface area contributed by atoms with E-state index in [1.54, 1.807) is 42.5 Å². The molecule has 2 rings (SSSR count). The van der Waals surface area contributed by atoms with Crippen molar-refractivity contribution in [2.45, 2.75) is 26.2 Å². The third-order valence-corrected chi connectivity index (χ3v) is 4.24. The molecule has 0 radical (unpaired) electrons. The summed E-state index contributed by atoms with van der Waals surface area (Å²) >= 11 is 11.7. The van der Waals surface area contributed by atoms with E-state index in [0.717, 1.165) is 5.56 Å². The van der Waals surface area contributed by atoms with Crippen LogP contribution >= 0.6 is 23.2 Å². The molecule has 0 unspecified atom stereocenters. The van der Waals surface area contributed by atoms with Crippen LogP contribution in [0, 0.1) is 6.92 Å². The van der Waals surface area contributed by atoms with Crippen molar-refractivity contribution in [2.24, 2.45) is 0 Å². The second kappa shape index (κ2) is 10.7. The Morgan fingerprint density at radius 2 is 1.57 bits per heavy atom. The first-order valence-electron chi connectivity index (χ1n) is 8.60. The third kappa shape index (κ3) is 7.58. The molecule has 0 heterocycles. The number of ether oxygens (including phenoxy) is 1. The molecular weight excluding hydrogens is 403 g/mol. The fraction of sp³-hybridized carbons (Fsp3) is 0.250. The van der Waals surface area contributed by atoms with Gasteiger partial charge in [0.2, 0.25) is 5.91 Å². The van der Waals surface area contributed by atoms with E-state index in [9.17, 15) is 14.4 Å². The first-order chi connectivity index (χ1) is 13.3. The average Bonchev–Trinajstić information content (AvgIpc) is 2.65. The maximum absolute atomic E-state index is 11.9. The fourth-order valence-electron chi connectivity index (χ4n) is 2.28. The highest BCUT2D eigenvalue weighted by Crippen LogP contribution is 2.20. The minimum atomic E-state index is -0.544. The van der Waals surface area contributed by atoms with Gasteiger partial charge in [0.1, 0.15) is 0 Å². The summed E-state index contributed by atoms with van der Waals surface area (Å²) in [4.78, 5) is 35.4. The van der Waals surface area contributed by atoms with Gasteiger partial charge in [-0.1, -0.05) is 29.3 Å². The molecule has 0 atom stereocenters. The molecule has 2 N–H and O–H groups in total. The number of carbonyl (C=O) groups excluding carboxylic acids is 3. The van der Waals surface area contributed by atoms with Crippen molar-refractivity contribution in [3.05, 3.63) is 58.1 Å². The van der Waals surface area contributed by atoms with Crippen LogP contribution in [0.15, 0.2) is 42.5 Å². The molecule has 2 aromatic carbocycles. The number of hydrogen-bond acceptors (Lipinski definition) is 4. The van der Waals surface area contributed by atoms with Gasteiger partial charge in [0.25, 0.3) is 5.91 Å². The average molecular weight is 423 g/mol. The quantitative estimate of drug-likeness (QED) is 0.609. The zero-order valence-corrected chi connectivity index (χ0v) is 16.8. The minimum Gasteiger partial charge on any atom is -0.456 e. The number of aryl methyl sites for hydroxylation is 1. The molecule has 0 bridgehead atoms. The van der Waals surface area contributed by atoms with Gasteiger partial charge in [-0.15, -0.1) is 0 Å². The lowest BCUT2D eigenvalue weighted by molar-refractivity contribution is -0.147. The summed E-state index contributed by atoms with van der Waals surface area (Å²) in [5.74, 6) is -1.22. The Morgan fingerprint density at radius 3 is 2.29 bits per heavy atom. The molecule has 0 saturated carbocycles. The van der Waals surface area contributed by atoms with Crippen LogP contribution in [0.3, 0.4) is 0 Å². The highest BCUT2D eigenvalue weighted by atomic mass is 35.5. The van der Waals surface area contributed by atoms with Crippen LogP contribution in [-0.2, 0) is 19.1 Å². The zero-order valence-electron chi connectivity index (χ0n) is 15.3. The fourth-order valence-corrected chi connectivity index (χ4v) is 2.58. The number of esters is 1. The van der Waals surface area contributed by atoms with Crippen LogP contribution in [0.25, 0.3) is 0 Å². The van der Waals surface area contributed by atoms with E-state index in [1.807, 2.05) is 6.92 Å². The number of carbonyl (C=O) groups is 3. The SMILES string of the molecule is Cc1ccc(Cl)cc1NC(=O)COC(=O)CCCC(=O)Nc1ccc(Cl)cc1. The lowest BCUT2D eigenvalue weighted by Gasteiger charge is -2.09. The molecule has 2 amide bonds. The van der Waals surface area contributed by atoms with Crippen molar-refractivity contribution in [1.82, 2.24) is 0 Å². The monoisotopic (exact) mass is 422 g/mol. The van der Waals surface area contributed by atoms with Crippen LogP contribution < -0.4 is 10.6 Å². The molecule has 148 valence electrons. The number of benzene rings is 2. The number of halogens is 2. The van der Waals surface area contributed by atoms with E-state index in [4.69, 9.17) is 27.9 Å². The Morgan fingerprint density at radius 1 is 0.893 bits per heavy atom. The number of amides is 2. The first-order valence-corrected chi connectivity index (χ1v) is 9.36. The summed E-state index contributed by atoms with van der Waals surface area (Å²) in [6, 6.07) is 11.8. The van der Waals surface area contributed by atoms with Gasteiger partial charge >= 0.3 is 5.97 Å². The maximum Gasteiger partial charge on any atom is 0.306 e. The van der Waals surface area contributed by atoms with Gasteiger partial charge in [0.15, 0.2) is 6.61 Å². The number of hydrogen-bond donors (Lipinski definition) is 2. The smallest absolute Gasteiger partial charge is 0.306 e. The lowest BCUT2D eigenvalue weighted by atomic mass is 10.2. The van der Waals surface area contributed by atoms with Gasteiger partial charge in [-0.3, -0.25) is 14.4 Å². The summed E-state index contributed by atoms with van der Waals surface area (Å²) < 4.78 is 4.93. The molecule has 0 aromatic heterocycles. The molecule has 0 aliphatic carbocycles. The van der Waals surface area contributed by atoms with Crippen molar-refractivity contribution in [1.29, 1.82) is 0 Å². The van der Waals surface area contributed by atoms with Gasteiger partial charge < -0.3 is 15.4 Å². The van der Waals surface area contributed by atoms with Crippen LogP contribution in [0.5, 0.6) is 0 Å². The lowest BCUT2D eigenvalue weighted by Crippen LogP contribution is -2.21. The highest BCUT2D eigenvalue weighted by molar-refractivity contribution is 6.31. The summed E-state index contributed by atoms with van der Waals surface area (Å²) in [5.41, 5.74) is 2.04. The van der Waals surface area contributed by atoms with Gasteiger partial charge in [-0.2, -0.15) is 0 Å². The second-order valence-corrected chi connectivity index (χ2v) is 6.95. The molecular formula is C20H20Cl2N2O4. The molecule has 2 aromatic rings. The molecule has 6 nitrogen and oxygen atoms in total. The standard InChI is InChI=1S/C20H20Cl2N2O4/c1-13-5-6-15(22)11-17(13)24-19(26)12-28-20(27)4-2-3-18(25)23-16-9-7-14(21)8-10-16/h5-11H,2-4,12H2,1H3,(H,23,25)(H,24,26). The Kier molecular flexibility index (Phi) is 8.29. The molecule has 0 saturated heterocycles. The molecule has 0 spiro atoms. The van der Waals surface area contributed by atoms with Crippen LogP contribution in [-0.4, -0.2) is 24.4 Å².